The molecule has 9 heteroatoms. The number of nitrogens with one attached hydrogen (secondary N) is 2. The van der Waals surface area contributed by atoms with E-state index in [1.807, 2.05) is 30.3 Å². The molecule has 2 amide bonds. The van der Waals surface area contributed by atoms with E-state index in [4.69, 9.17) is 9.47 Å². The van der Waals surface area contributed by atoms with Crippen LogP contribution in [0, 0.1) is 0 Å². The van der Waals surface area contributed by atoms with Crippen molar-refractivity contribution in [3.05, 3.63) is 138 Å². The van der Waals surface area contributed by atoms with E-state index in [1.165, 1.54) is 0 Å². The highest BCUT2D eigenvalue weighted by atomic mass is 19.3. The van der Waals surface area contributed by atoms with Crippen LogP contribution in [0.5, 0.6) is 5.75 Å². The number of amides is 2. The lowest BCUT2D eigenvalue weighted by Crippen LogP contribution is -2.58. The topological polar surface area (TPSA) is 96.9 Å². The number of aliphatic hydroxyl groups is 1. The minimum Gasteiger partial charge on any atom is -0.489 e. The molecule has 4 rings (SSSR count). The van der Waals surface area contributed by atoms with Gasteiger partial charge in [-0.1, -0.05) is 103 Å². The number of hydrogen-bond donors (Lipinski definition) is 3. The molecule has 0 saturated heterocycles. The molecule has 0 heterocycles. The summed E-state index contributed by atoms with van der Waals surface area (Å²) in [6.45, 7) is 0.0984. The number of ether oxygens (including phenoxy) is 2. The zero-order valence-electron chi connectivity index (χ0n) is 22.8. The monoisotopic (exact) mass is 574 g/mol. The summed E-state index contributed by atoms with van der Waals surface area (Å²) in [5.74, 6) is -5.32. The Morgan fingerprint density at radius 2 is 1.24 bits per heavy atom. The first-order valence-electron chi connectivity index (χ1n) is 13.4. The van der Waals surface area contributed by atoms with Crippen LogP contribution in [0.25, 0.3) is 0 Å². The van der Waals surface area contributed by atoms with E-state index in [-0.39, 0.29) is 19.6 Å². The summed E-state index contributed by atoms with van der Waals surface area (Å²) in [4.78, 5) is 25.1. The predicted octanol–water partition coefficient (Wildman–Crippen LogP) is 5.42. The van der Waals surface area contributed by atoms with E-state index in [1.54, 1.807) is 84.9 Å². The number of rotatable bonds is 13. The van der Waals surface area contributed by atoms with Crippen molar-refractivity contribution in [3.8, 4) is 5.75 Å². The van der Waals surface area contributed by atoms with E-state index in [9.17, 15) is 14.7 Å². The van der Waals surface area contributed by atoms with E-state index in [0.717, 1.165) is 5.56 Å². The van der Waals surface area contributed by atoms with Crippen LogP contribution in [0.3, 0.4) is 0 Å². The Morgan fingerprint density at radius 1 is 0.714 bits per heavy atom. The van der Waals surface area contributed by atoms with E-state index in [2.05, 4.69) is 10.6 Å². The highest BCUT2D eigenvalue weighted by molar-refractivity contribution is 5.84. The van der Waals surface area contributed by atoms with E-state index < -0.39 is 30.1 Å². The largest absolute Gasteiger partial charge is 0.489 e. The lowest BCUT2D eigenvalue weighted by molar-refractivity contribution is -0.166. The molecule has 2 atom stereocenters. The second kappa shape index (κ2) is 14.7. The third-order valence-corrected chi connectivity index (χ3v) is 6.49. The van der Waals surface area contributed by atoms with Crippen molar-refractivity contribution >= 4 is 12.0 Å². The van der Waals surface area contributed by atoms with Crippen LogP contribution in [-0.2, 0) is 35.7 Å². The zero-order valence-corrected chi connectivity index (χ0v) is 22.8. The van der Waals surface area contributed by atoms with Crippen molar-refractivity contribution in [2.24, 2.45) is 0 Å². The smallest absolute Gasteiger partial charge is 0.407 e. The van der Waals surface area contributed by atoms with Crippen molar-refractivity contribution in [2.45, 2.75) is 44.2 Å². The maximum atomic E-state index is 15.2. The van der Waals surface area contributed by atoms with Crippen LogP contribution in [-0.4, -0.2) is 35.2 Å². The van der Waals surface area contributed by atoms with Gasteiger partial charge in [-0.2, -0.15) is 8.78 Å². The third-order valence-electron chi connectivity index (χ3n) is 6.49. The number of carbonyl (C=O) groups excluding carboxylic acids is 2. The second-order valence-electron chi connectivity index (χ2n) is 9.67. The van der Waals surface area contributed by atoms with Gasteiger partial charge >= 0.3 is 12.0 Å². The van der Waals surface area contributed by atoms with Gasteiger partial charge in [0, 0.05) is 6.54 Å². The summed E-state index contributed by atoms with van der Waals surface area (Å²) >= 11 is 0. The van der Waals surface area contributed by atoms with Gasteiger partial charge in [-0.15, -0.1) is 0 Å². The van der Waals surface area contributed by atoms with Crippen LogP contribution in [0.1, 0.15) is 22.3 Å². The van der Waals surface area contributed by atoms with Gasteiger partial charge < -0.3 is 25.2 Å². The van der Waals surface area contributed by atoms with Gasteiger partial charge in [-0.05, 0) is 40.8 Å². The van der Waals surface area contributed by atoms with E-state index >= 15 is 8.78 Å². The molecule has 7 nitrogen and oxygen atoms in total. The van der Waals surface area contributed by atoms with Crippen molar-refractivity contribution in [1.29, 1.82) is 0 Å². The fourth-order valence-electron chi connectivity index (χ4n) is 4.16. The van der Waals surface area contributed by atoms with E-state index in [0.29, 0.717) is 29.0 Å². The summed E-state index contributed by atoms with van der Waals surface area (Å²) in [6, 6.07) is 32.0. The number of carbonyl (C=O) groups is 2. The third kappa shape index (κ3) is 8.87. The van der Waals surface area contributed by atoms with Gasteiger partial charge in [0.2, 0.25) is 0 Å². The lowest BCUT2D eigenvalue weighted by Gasteiger charge is -2.29. The quantitative estimate of drug-likeness (QED) is 0.198. The minimum atomic E-state index is -4.22. The Balaban J connectivity index is 1.43. The van der Waals surface area contributed by atoms with Crippen molar-refractivity contribution in [3.63, 3.8) is 0 Å². The summed E-state index contributed by atoms with van der Waals surface area (Å²) in [5, 5.41) is 15.3. The molecular weight excluding hydrogens is 542 g/mol. The first-order chi connectivity index (χ1) is 20.3. The van der Waals surface area contributed by atoms with Crippen molar-refractivity contribution in [2.75, 3.05) is 0 Å². The Hall–Kier alpha value is -4.76. The van der Waals surface area contributed by atoms with Crippen LogP contribution in [0.4, 0.5) is 13.6 Å². The Labute approximate surface area is 243 Å². The second-order valence-corrected chi connectivity index (χ2v) is 9.67. The summed E-state index contributed by atoms with van der Waals surface area (Å²) in [5.41, 5.74) is 2.82. The number of aliphatic hydroxyl groups excluding tert-OH is 1. The summed E-state index contributed by atoms with van der Waals surface area (Å²) in [7, 11) is 0. The first-order valence-corrected chi connectivity index (χ1v) is 13.4. The molecule has 42 heavy (non-hydrogen) atoms. The van der Waals surface area contributed by atoms with Gasteiger partial charge in [0.25, 0.3) is 5.91 Å². The number of alkyl halides is 2. The lowest BCUT2D eigenvalue weighted by atomic mass is 9.96. The molecule has 0 bridgehead atoms. The van der Waals surface area contributed by atoms with Gasteiger partial charge in [-0.25, -0.2) is 4.79 Å². The number of benzene rings is 4. The molecule has 0 radical (unpaired) electrons. The Kier molecular flexibility index (Phi) is 10.6. The highest BCUT2D eigenvalue weighted by Gasteiger charge is 2.50. The molecule has 0 aliphatic heterocycles. The normalized spacial score (nSPS) is 12.5. The molecule has 0 aromatic heterocycles. The molecule has 0 spiro atoms. The van der Waals surface area contributed by atoms with Crippen LogP contribution >= 0.6 is 0 Å². The minimum absolute atomic E-state index is 0.100. The molecule has 0 aliphatic rings. The van der Waals surface area contributed by atoms with Crippen molar-refractivity contribution < 1.29 is 33.0 Å². The molecule has 2 unspecified atom stereocenters. The van der Waals surface area contributed by atoms with Gasteiger partial charge in [0.05, 0.1) is 6.04 Å². The fourth-order valence-corrected chi connectivity index (χ4v) is 4.16. The SMILES string of the molecule is O=C(NC(Cc1ccc(OCc2ccccc2)cc1)C(O)C(F)(F)C(=O)NCc1ccccc1)OCc1ccccc1. The first kappa shape index (κ1) is 30.2. The predicted molar refractivity (Wildman–Crippen MR) is 154 cm³/mol. The van der Waals surface area contributed by atoms with Crippen molar-refractivity contribution in [1.82, 2.24) is 10.6 Å². The molecule has 0 saturated carbocycles. The van der Waals surface area contributed by atoms with Gasteiger partial charge in [0.1, 0.15) is 25.1 Å². The average molecular weight is 575 g/mol. The summed E-state index contributed by atoms with van der Waals surface area (Å²) in [6.07, 6.45) is -3.76. The zero-order chi connectivity index (χ0) is 29.8. The maximum Gasteiger partial charge on any atom is 0.407 e. The average Bonchev–Trinajstić information content (AvgIpc) is 3.03. The Morgan fingerprint density at radius 3 is 1.81 bits per heavy atom. The fraction of sp³-hybridized carbons (Fsp3) is 0.212. The van der Waals surface area contributed by atoms with Crippen LogP contribution < -0.4 is 15.4 Å². The van der Waals surface area contributed by atoms with Gasteiger partial charge in [0.15, 0.2) is 0 Å². The van der Waals surface area contributed by atoms with Gasteiger partial charge in [-0.3, -0.25) is 4.79 Å². The van der Waals surface area contributed by atoms with Crippen LogP contribution in [0.15, 0.2) is 115 Å². The van der Waals surface area contributed by atoms with Crippen LogP contribution in [0.2, 0.25) is 0 Å². The molecule has 0 fully saturated rings. The highest BCUT2D eigenvalue weighted by Crippen LogP contribution is 2.25. The standard InChI is InChI=1S/C33H32F2N2O5/c34-33(35,31(39)36-21-25-10-4-1-5-11-25)30(38)29(37-32(40)42-23-27-14-8-3-9-15-27)20-24-16-18-28(19-17-24)41-22-26-12-6-2-7-13-26/h1-19,29-30,38H,20-23H2,(H,36,39)(H,37,40). The molecule has 3 N–H and O–H groups in total. The number of halogens is 2. The molecule has 4 aromatic carbocycles. The Bertz CT molecular complexity index is 1410. The molecule has 0 aliphatic carbocycles. The molecule has 4 aromatic rings. The summed E-state index contributed by atoms with van der Waals surface area (Å²) < 4.78 is 41.4. The number of alkyl carbamates (subject to hydrolysis) is 1. The molecule has 218 valence electrons. The molecular formula is C33H32F2N2O5. The maximum absolute atomic E-state index is 15.2. The number of hydrogen-bond acceptors (Lipinski definition) is 5.